The highest BCUT2D eigenvalue weighted by Gasteiger charge is 2.65. The minimum atomic E-state index is -0.968. The second-order valence-electron chi connectivity index (χ2n) is 6.30. The maximum atomic E-state index is 10.7. The lowest BCUT2D eigenvalue weighted by Crippen LogP contribution is -2.54. The van der Waals surface area contributed by atoms with Gasteiger partial charge in [-0.15, -0.1) is 0 Å². The summed E-state index contributed by atoms with van der Waals surface area (Å²) in [5.41, 5.74) is 6.34. The van der Waals surface area contributed by atoms with Crippen LogP contribution in [-0.2, 0) is 5.54 Å². The number of rotatable bonds is 3. The van der Waals surface area contributed by atoms with E-state index in [9.17, 15) is 15.3 Å². The Balaban J connectivity index is 1.91. The van der Waals surface area contributed by atoms with Gasteiger partial charge in [0.05, 0.1) is 18.0 Å². The molecule has 0 aromatic carbocycles. The van der Waals surface area contributed by atoms with E-state index in [-0.39, 0.29) is 18.4 Å². The molecule has 2 aromatic heterocycles. The number of aliphatic hydroxyl groups is 3. The average molecular weight is 337 g/mol. The maximum Gasteiger partial charge on any atom is 0.191 e. The van der Waals surface area contributed by atoms with Crippen molar-refractivity contribution in [2.24, 2.45) is 11.8 Å². The highest BCUT2D eigenvalue weighted by atomic mass is 32.2. The third-order valence-corrected chi connectivity index (χ3v) is 6.08. The first-order valence-corrected chi connectivity index (χ1v) is 8.79. The van der Waals surface area contributed by atoms with E-state index in [0.717, 1.165) is 6.42 Å². The molecule has 124 valence electrons. The van der Waals surface area contributed by atoms with E-state index < -0.39 is 17.7 Å². The molecule has 2 aliphatic carbocycles. The van der Waals surface area contributed by atoms with E-state index in [1.807, 2.05) is 10.8 Å². The normalized spacial score (nSPS) is 36.2. The largest absolute Gasteiger partial charge is 0.396 e. The highest BCUT2D eigenvalue weighted by molar-refractivity contribution is 7.98. The summed E-state index contributed by atoms with van der Waals surface area (Å²) in [4.78, 5) is 13.0. The Morgan fingerprint density at radius 3 is 2.83 bits per heavy atom. The number of nitrogens with zero attached hydrogens (tertiary/aromatic N) is 4. The molecule has 0 saturated heterocycles. The fourth-order valence-corrected chi connectivity index (χ4v) is 4.67. The van der Waals surface area contributed by atoms with Gasteiger partial charge in [0.15, 0.2) is 16.6 Å². The van der Waals surface area contributed by atoms with Gasteiger partial charge in [-0.3, -0.25) is 0 Å². The standard InChI is InChI=1S/C14H19N5O3S/c1-23-13-17-11(15)8-12(18-13)19(5-16-8)14-3-2-7(14)6(4-20)9(21)10(14)22/h5-7,9-10,20-22H,2-4H2,1H3,(H2,15,17,18)/t6-,7-,9+,10+,14+/m0/s1. The van der Waals surface area contributed by atoms with Crippen molar-refractivity contribution in [3.63, 3.8) is 0 Å². The monoisotopic (exact) mass is 337 g/mol. The van der Waals surface area contributed by atoms with Gasteiger partial charge in [-0.2, -0.15) is 0 Å². The molecule has 0 unspecified atom stereocenters. The summed E-state index contributed by atoms with van der Waals surface area (Å²) in [5, 5.41) is 31.1. The first-order valence-electron chi connectivity index (χ1n) is 7.56. The molecule has 2 aromatic rings. The lowest BCUT2D eigenvalue weighted by atomic mass is 9.65. The number of aromatic nitrogens is 4. The second kappa shape index (κ2) is 5.04. The van der Waals surface area contributed by atoms with Gasteiger partial charge in [0, 0.05) is 12.5 Å². The van der Waals surface area contributed by atoms with Crippen molar-refractivity contribution in [3.05, 3.63) is 6.33 Å². The molecule has 8 nitrogen and oxygen atoms in total. The molecule has 0 spiro atoms. The van der Waals surface area contributed by atoms with Crippen LogP contribution >= 0.6 is 11.8 Å². The number of aliphatic hydroxyl groups excluding tert-OH is 3. The third-order valence-electron chi connectivity index (χ3n) is 5.53. The summed E-state index contributed by atoms with van der Waals surface area (Å²) < 4.78 is 1.83. The summed E-state index contributed by atoms with van der Waals surface area (Å²) in [6.07, 6.45) is 3.10. The van der Waals surface area contributed by atoms with Crippen molar-refractivity contribution in [1.29, 1.82) is 0 Å². The van der Waals surface area contributed by atoms with Crippen LogP contribution in [0.4, 0.5) is 5.82 Å². The number of hydrogen-bond donors (Lipinski definition) is 4. The Bertz CT molecular complexity index is 768. The van der Waals surface area contributed by atoms with E-state index >= 15 is 0 Å². The Morgan fingerprint density at radius 2 is 2.22 bits per heavy atom. The lowest BCUT2D eigenvalue weighted by Gasteiger charge is -2.48. The third kappa shape index (κ3) is 1.76. The molecule has 2 aliphatic rings. The van der Waals surface area contributed by atoms with E-state index in [2.05, 4.69) is 15.0 Å². The van der Waals surface area contributed by atoms with Crippen molar-refractivity contribution in [2.75, 3.05) is 18.6 Å². The van der Waals surface area contributed by atoms with Crippen LogP contribution in [-0.4, -0.2) is 59.9 Å². The van der Waals surface area contributed by atoms with Crippen LogP contribution < -0.4 is 5.73 Å². The van der Waals surface area contributed by atoms with Crippen LogP contribution in [0.2, 0.25) is 0 Å². The van der Waals surface area contributed by atoms with Crippen LogP contribution in [0, 0.1) is 11.8 Å². The number of imidazole rings is 1. The summed E-state index contributed by atoms with van der Waals surface area (Å²) in [7, 11) is 0. The number of nitrogens with two attached hydrogens (primary N) is 1. The molecule has 0 bridgehead atoms. The molecule has 23 heavy (non-hydrogen) atoms. The van der Waals surface area contributed by atoms with Crippen LogP contribution in [0.25, 0.3) is 11.2 Å². The summed E-state index contributed by atoms with van der Waals surface area (Å²) in [6, 6.07) is 0. The van der Waals surface area contributed by atoms with Gasteiger partial charge in [-0.25, -0.2) is 15.0 Å². The fraction of sp³-hybridized carbons (Fsp3) is 0.643. The molecule has 0 radical (unpaired) electrons. The van der Waals surface area contributed by atoms with Crippen LogP contribution in [0.5, 0.6) is 0 Å². The molecular formula is C14H19N5O3S. The van der Waals surface area contributed by atoms with Gasteiger partial charge in [0.25, 0.3) is 0 Å². The maximum absolute atomic E-state index is 10.7. The number of anilines is 1. The quantitative estimate of drug-likeness (QED) is 0.439. The number of nitrogen functional groups attached to an aromatic ring is 1. The fourth-order valence-electron chi connectivity index (χ4n) is 4.30. The highest BCUT2D eigenvalue weighted by Crippen LogP contribution is 2.58. The Hall–Kier alpha value is -1.42. The topological polar surface area (TPSA) is 130 Å². The zero-order valence-electron chi connectivity index (χ0n) is 12.6. The van der Waals surface area contributed by atoms with Crippen molar-refractivity contribution in [2.45, 2.75) is 35.7 Å². The molecule has 2 fully saturated rings. The van der Waals surface area contributed by atoms with Gasteiger partial charge in [0.2, 0.25) is 0 Å². The summed E-state index contributed by atoms with van der Waals surface area (Å²) in [5.74, 6) is -0.0451. The minimum absolute atomic E-state index is 0.0104. The molecule has 5 N–H and O–H groups in total. The van der Waals surface area contributed by atoms with Crippen LogP contribution in [0.1, 0.15) is 12.8 Å². The van der Waals surface area contributed by atoms with Gasteiger partial charge in [0.1, 0.15) is 11.6 Å². The first-order chi connectivity index (χ1) is 11.0. The predicted molar refractivity (Wildman–Crippen MR) is 84.8 cm³/mol. The zero-order chi connectivity index (χ0) is 16.4. The SMILES string of the molecule is CSc1nc(N)c2ncn([C@]34CC[C@H]3[C@H](CO)[C@@H](O)[C@H]4O)c2n1. The number of fused-ring (bicyclic) bond motifs is 2. The number of hydrogen-bond acceptors (Lipinski definition) is 8. The van der Waals surface area contributed by atoms with Crippen molar-refractivity contribution < 1.29 is 15.3 Å². The number of thioether (sulfide) groups is 1. The summed E-state index contributed by atoms with van der Waals surface area (Å²) in [6.45, 7) is -0.148. The molecule has 5 atom stereocenters. The first kappa shape index (κ1) is 15.1. The molecule has 2 saturated carbocycles. The second-order valence-corrected chi connectivity index (χ2v) is 7.07. The van der Waals surface area contributed by atoms with Gasteiger partial charge in [-0.05, 0) is 25.0 Å². The minimum Gasteiger partial charge on any atom is -0.396 e. The Labute approximate surface area is 136 Å². The molecule has 0 aliphatic heterocycles. The van der Waals surface area contributed by atoms with E-state index in [0.29, 0.717) is 28.6 Å². The van der Waals surface area contributed by atoms with E-state index in [1.165, 1.54) is 11.8 Å². The van der Waals surface area contributed by atoms with Gasteiger partial charge >= 0.3 is 0 Å². The van der Waals surface area contributed by atoms with Crippen molar-refractivity contribution in [1.82, 2.24) is 19.5 Å². The van der Waals surface area contributed by atoms with Gasteiger partial charge in [-0.1, -0.05) is 11.8 Å². The lowest BCUT2D eigenvalue weighted by molar-refractivity contribution is -0.0561. The molecule has 2 heterocycles. The molecule has 4 rings (SSSR count). The van der Waals surface area contributed by atoms with E-state index in [4.69, 9.17) is 5.73 Å². The predicted octanol–water partition coefficient (Wildman–Crippen LogP) is -0.420. The van der Waals surface area contributed by atoms with Crippen LogP contribution in [0.3, 0.4) is 0 Å². The smallest absolute Gasteiger partial charge is 0.191 e. The molecular weight excluding hydrogens is 318 g/mol. The van der Waals surface area contributed by atoms with Crippen LogP contribution in [0.15, 0.2) is 11.5 Å². The Kier molecular flexibility index (Phi) is 3.31. The van der Waals surface area contributed by atoms with Crippen molar-refractivity contribution >= 4 is 28.7 Å². The molecule has 9 heteroatoms. The van der Waals surface area contributed by atoms with Gasteiger partial charge < -0.3 is 25.6 Å². The summed E-state index contributed by atoms with van der Waals surface area (Å²) >= 11 is 1.38. The molecule has 0 amide bonds. The zero-order valence-corrected chi connectivity index (χ0v) is 13.4. The van der Waals surface area contributed by atoms with E-state index in [1.54, 1.807) is 6.33 Å². The average Bonchev–Trinajstić information content (AvgIpc) is 3.00. The Morgan fingerprint density at radius 1 is 1.43 bits per heavy atom. The van der Waals surface area contributed by atoms with Crippen molar-refractivity contribution in [3.8, 4) is 0 Å².